The number of carbonyl (C=O) groups is 1. The summed E-state index contributed by atoms with van der Waals surface area (Å²) in [4.78, 5) is 16.4. The average molecular weight is 2030 g/mol. The highest BCUT2D eigenvalue weighted by Crippen LogP contribution is 2.43. The molecule has 14 aromatic carbocycles. The van der Waals surface area contributed by atoms with Crippen molar-refractivity contribution in [2.45, 2.75) is 222 Å². The van der Waals surface area contributed by atoms with E-state index in [9.17, 15) is 9.90 Å². The molecule has 0 unspecified atom stereocenters. The Balaban J connectivity index is 0.805. The van der Waals surface area contributed by atoms with E-state index in [2.05, 4.69) is 0 Å². The minimum absolute atomic E-state index is 0.000978. The summed E-state index contributed by atoms with van der Waals surface area (Å²) in [6.07, 6.45) is -25.9. The highest BCUT2D eigenvalue weighted by Gasteiger charge is 2.60. The van der Waals surface area contributed by atoms with Crippen LogP contribution in [-0.2, 0) is 192 Å². The summed E-state index contributed by atoms with van der Waals surface area (Å²) in [5, 5.41) is 13.8. The van der Waals surface area contributed by atoms with Crippen molar-refractivity contribution >= 4 is 6.09 Å². The van der Waals surface area contributed by atoms with E-state index in [0.29, 0.717) is 0 Å². The molecule has 18 rings (SSSR count). The Bertz CT molecular complexity index is 6080. The van der Waals surface area contributed by atoms with Gasteiger partial charge in [0.25, 0.3) is 0 Å². The fourth-order valence-electron chi connectivity index (χ4n) is 18.9. The van der Waals surface area contributed by atoms with E-state index < -0.39 is 129 Å². The molecule has 24 nitrogen and oxygen atoms in total. The SMILES string of the molecule is O=C(OCc1ccccc1)N(CCCO[C@H]1O[C@H](COCc2ccccc2)[C@@H](OCc2ccccc2)[C@H](OCc2ccccc2)[C@@H]1O[C@H]1O[C@H](COCc2ccccc2)[C@@H](OCc2ccccc2)[C@H](OCc2ccccc2)[C@@H]1O[C@H]1O[C@H](COCc2ccccc2)[C@@H](OCc2ccccc2)[C@H](O[C@H]2O[C@H](COCc3ccccc3)[C@@H](OCc3ccccc3)[C@H](O)[C@H]2OCc2ccccc2)[C@@H]1OCc1ccccc1)Cc1ccccc1. The molecule has 14 aromatic rings. The van der Waals surface area contributed by atoms with Crippen molar-refractivity contribution in [2.24, 2.45) is 0 Å². The average Bonchev–Trinajstić information content (AvgIpc) is 0.752. The number of aliphatic hydroxyl groups excluding tert-OH is 1. The number of ether oxygens (including phenoxy) is 21. The summed E-state index contributed by atoms with van der Waals surface area (Å²) in [7, 11) is 0. The maximum Gasteiger partial charge on any atom is 0.410 e. The van der Waals surface area contributed by atoms with Crippen molar-refractivity contribution in [3.05, 3.63) is 503 Å². The van der Waals surface area contributed by atoms with Crippen LogP contribution in [0.1, 0.15) is 84.3 Å². The molecule has 1 amide bonds. The van der Waals surface area contributed by atoms with Crippen LogP contribution in [0.4, 0.5) is 4.79 Å². The van der Waals surface area contributed by atoms with Crippen LogP contribution in [0, 0.1) is 0 Å². The third-order valence-electron chi connectivity index (χ3n) is 26.7. The molecule has 0 aliphatic carbocycles. The predicted molar refractivity (Wildman–Crippen MR) is 564 cm³/mol. The third-order valence-corrected chi connectivity index (χ3v) is 26.7. The zero-order valence-electron chi connectivity index (χ0n) is 84.2. The Hall–Kier alpha value is -12.5. The number of benzene rings is 14. The second-order valence-corrected chi connectivity index (χ2v) is 37.7. The quantitative estimate of drug-likeness (QED) is 0.0349. The van der Waals surface area contributed by atoms with E-state index >= 15 is 0 Å². The molecule has 150 heavy (non-hydrogen) atoms. The van der Waals surface area contributed by atoms with E-state index in [4.69, 9.17) is 99.5 Å². The molecule has 0 saturated carbocycles. The van der Waals surface area contributed by atoms with Crippen molar-refractivity contribution in [1.82, 2.24) is 4.90 Å². The van der Waals surface area contributed by atoms with Crippen LogP contribution in [0.25, 0.3) is 0 Å². The van der Waals surface area contributed by atoms with Gasteiger partial charge in [-0.15, -0.1) is 0 Å². The van der Waals surface area contributed by atoms with E-state index in [1.165, 1.54) is 0 Å². The first-order valence-corrected chi connectivity index (χ1v) is 51.8. The topological polar surface area (TPSA) is 234 Å². The zero-order chi connectivity index (χ0) is 102. The Morgan fingerprint density at radius 1 is 0.213 bits per heavy atom. The van der Waals surface area contributed by atoms with E-state index in [-0.39, 0.29) is 138 Å². The largest absolute Gasteiger partial charge is 0.445 e. The van der Waals surface area contributed by atoms with Gasteiger partial charge in [0.15, 0.2) is 25.2 Å². The molecule has 0 radical (unpaired) electrons. The van der Waals surface area contributed by atoms with Crippen molar-refractivity contribution in [3.63, 3.8) is 0 Å². The van der Waals surface area contributed by atoms with Crippen LogP contribution in [0.5, 0.6) is 0 Å². The van der Waals surface area contributed by atoms with Crippen molar-refractivity contribution in [3.8, 4) is 0 Å². The fraction of sp³-hybridized carbons (Fsp3) is 0.325. The minimum atomic E-state index is -1.65. The molecule has 780 valence electrons. The van der Waals surface area contributed by atoms with Gasteiger partial charge in [0.1, 0.15) is 104 Å². The molecule has 24 heteroatoms. The van der Waals surface area contributed by atoms with Gasteiger partial charge in [0.2, 0.25) is 0 Å². The summed E-state index contributed by atoms with van der Waals surface area (Å²) >= 11 is 0. The van der Waals surface area contributed by atoms with Crippen LogP contribution in [0.2, 0.25) is 0 Å². The molecule has 4 aliphatic heterocycles. The van der Waals surface area contributed by atoms with E-state index in [0.717, 1.165) is 77.9 Å². The summed E-state index contributed by atoms with van der Waals surface area (Å²) < 4.78 is 157. The number of rotatable bonds is 55. The molecule has 0 aromatic heterocycles. The number of carbonyl (C=O) groups excluding carboxylic acids is 1. The van der Waals surface area contributed by atoms with Gasteiger partial charge < -0.3 is 109 Å². The monoisotopic (exact) mass is 2030 g/mol. The van der Waals surface area contributed by atoms with Gasteiger partial charge in [0, 0.05) is 13.1 Å². The first kappa shape index (κ1) is 107. The molecular formula is C126H133NO23. The van der Waals surface area contributed by atoms with Crippen LogP contribution in [-0.4, -0.2) is 179 Å². The van der Waals surface area contributed by atoms with Gasteiger partial charge in [-0.2, -0.15) is 0 Å². The lowest BCUT2D eigenvalue weighted by Gasteiger charge is -2.52. The van der Waals surface area contributed by atoms with Crippen LogP contribution < -0.4 is 0 Å². The van der Waals surface area contributed by atoms with E-state index in [1.807, 2.05) is 425 Å². The summed E-state index contributed by atoms with van der Waals surface area (Å²) in [5.41, 5.74) is 12.0. The molecular weight excluding hydrogens is 1900 g/mol. The van der Waals surface area contributed by atoms with Gasteiger partial charge in [-0.3, -0.25) is 0 Å². The Kier molecular flexibility index (Phi) is 41.7. The second kappa shape index (κ2) is 58.2. The smallest absolute Gasteiger partial charge is 0.410 e. The Labute approximate surface area is 879 Å². The highest BCUT2D eigenvalue weighted by atomic mass is 16.8. The molecule has 0 spiro atoms. The normalized spacial score (nSPS) is 23.7. The third kappa shape index (κ3) is 32.3. The number of amides is 1. The lowest BCUT2D eigenvalue weighted by molar-refractivity contribution is -0.413. The lowest BCUT2D eigenvalue weighted by atomic mass is 9.94. The van der Waals surface area contributed by atoms with Gasteiger partial charge in [0.05, 0.1) is 112 Å². The van der Waals surface area contributed by atoms with Gasteiger partial charge in [-0.25, -0.2) is 4.79 Å². The summed E-state index contributed by atoms with van der Waals surface area (Å²) in [6.45, 7) is 0.984. The Morgan fingerprint density at radius 2 is 0.427 bits per heavy atom. The molecule has 1 N–H and O–H groups in total. The lowest BCUT2D eigenvalue weighted by Crippen LogP contribution is -2.69. The standard InChI is InChI=1S/C126H133NO23/c128-110-111(135-79-97-54-25-6-26-55-97)106(88-130-75-93-46-17-2-18-47-93)145-123(115(110)139-83-101-62-33-10-34-63-101)148-118-114(138-82-100-60-31-9-32-61-100)109(91-133-78-96-52-23-5-24-53-96)146-124(119(118)142-86-104-68-39-13-40-69-104)150-121-117(141-85-103-66-37-12-38-67-103)113(137-81-99-58-29-8-30-59-99)108(90-132-77-95-50-21-4-22-51-95)147-125(121)149-120-116(140-84-102-64-35-11-36-65-102)112(136-80-98-56-27-7-28-57-98)107(89-131-76-94-48-19-3-20-49-94)144-122(120)134-73-43-72-127(74-92-44-15-1-16-45-92)126(129)143-87-105-70-41-14-42-71-105/h1-42,44-71,106-125,128H,43,72-91H2/t106-,107-,108-,109-,110+,111-,112-,113-,114-,115-,116+,117+,118+,119+,120+,121+,122+,123-,124-,125-/m1/s1. The zero-order valence-corrected chi connectivity index (χ0v) is 84.2. The van der Waals surface area contributed by atoms with Crippen LogP contribution in [0.15, 0.2) is 425 Å². The fourth-order valence-corrected chi connectivity index (χ4v) is 18.9. The van der Waals surface area contributed by atoms with Gasteiger partial charge in [-0.1, -0.05) is 425 Å². The highest BCUT2D eigenvalue weighted by molar-refractivity contribution is 5.67. The van der Waals surface area contributed by atoms with E-state index in [1.54, 1.807) is 4.90 Å². The maximum absolute atomic E-state index is 14.7. The second-order valence-electron chi connectivity index (χ2n) is 37.7. The predicted octanol–water partition coefficient (Wildman–Crippen LogP) is 21.2. The number of aliphatic hydroxyl groups is 1. The summed E-state index contributed by atoms with van der Waals surface area (Å²) in [5.74, 6) is 0. The molecule has 4 fully saturated rings. The number of hydrogen-bond acceptors (Lipinski definition) is 23. The van der Waals surface area contributed by atoms with Crippen molar-refractivity contribution in [2.75, 3.05) is 39.6 Å². The molecule has 4 aliphatic rings. The minimum Gasteiger partial charge on any atom is -0.445 e. The van der Waals surface area contributed by atoms with Gasteiger partial charge in [-0.05, 0) is 84.3 Å². The van der Waals surface area contributed by atoms with Crippen LogP contribution >= 0.6 is 0 Å². The van der Waals surface area contributed by atoms with Crippen LogP contribution in [0.3, 0.4) is 0 Å². The molecule has 0 bridgehead atoms. The number of nitrogens with zero attached hydrogens (tertiary/aromatic N) is 1. The van der Waals surface area contributed by atoms with Crippen molar-refractivity contribution in [1.29, 1.82) is 0 Å². The first-order valence-electron chi connectivity index (χ1n) is 51.8. The summed E-state index contributed by atoms with van der Waals surface area (Å²) in [6, 6.07) is 138. The maximum atomic E-state index is 14.7. The number of hydrogen-bond donors (Lipinski definition) is 1. The molecule has 20 atom stereocenters. The Morgan fingerprint density at radius 3 is 0.733 bits per heavy atom. The van der Waals surface area contributed by atoms with Gasteiger partial charge >= 0.3 is 6.09 Å². The first-order chi connectivity index (χ1) is 74.2. The molecule has 4 saturated heterocycles. The van der Waals surface area contributed by atoms with Crippen molar-refractivity contribution < 1.29 is 109 Å². The molecule has 4 heterocycles.